The zero-order chi connectivity index (χ0) is 17.8. The van der Waals surface area contributed by atoms with Crippen molar-refractivity contribution >= 4 is 5.91 Å². The quantitative estimate of drug-likeness (QED) is 0.826. The second-order valence-electron chi connectivity index (χ2n) is 6.91. The van der Waals surface area contributed by atoms with Crippen LogP contribution in [-0.2, 0) is 4.79 Å². The third-order valence-electron chi connectivity index (χ3n) is 4.93. The predicted molar refractivity (Wildman–Crippen MR) is 101 cm³/mol. The van der Waals surface area contributed by atoms with Crippen molar-refractivity contribution in [2.75, 3.05) is 6.54 Å². The minimum atomic E-state index is -0.0860. The molecule has 1 aromatic heterocycles. The van der Waals surface area contributed by atoms with E-state index in [-0.39, 0.29) is 17.9 Å². The summed E-state index contributed by atoms with van der Waals surface area (Å²) in [5.74, 6) is 1.00. The highest BCUT2D eigenvalue weighted by Gasteiger charge is 2.31. The van der Waals surface area contributed by atoms with E-state index in [1.807, 2.05) is 37.1 Å². The molecule has 1 N–H and O–H groups in total. The summed E-state index contributed by atoms with van der Waals surface area (Å²) in [4.78, 5) is 22.9. The molecule has 4 heteroatoms. The van der Waals surface area contributed by atoms with E-state index < -0.39 is 0 Å². The van der Waals surface area contributed by atoms with Gasteiger partial charge in [0.25, 0.3) is 0 Å². The van der Waals surface area contributed by atoms with Crippen LogP contribution < -0.4 is 0 Å². The maximum Gasteiger partial charge on any atom is 0.229 e. The number of benzene rings is 1. The minimum Gasteiger partial charge on any atom is -0.340 e. The Morgan fingerprint density at radius 2 is 2.08 bits per heavy atom. The molecule has 25 heavy (non-hydrogen) atoms. The van der Waals surface area contributed by atoms with Gasteiger partial charge >= 0.3 is 0 Å². The zero-order valence-electron chi connectivity index (χ0n) is 15.3. The highest BCUT2D eigenvalue weighted by molar-refractivity contribution is 5.80. The molecule has 3 rings (SSSR count). The average molecular weight is 337 g/mol. The van der Waals surface area contributed by atoms with Crippen LogP contribution in [0.25, 0.3) is 11.3 Å². The lowest BCUT2D eigenvalue weighted by molar-refractivity contribution is -0.137. The first kappa shape index (κ1) is 17.5. The first-order valence-corrected chi connectivity index (χ1v) is 9.15. The standard InChI is InChI=1S/C21H27N3O/c1-4-7-16(3)21(25)24-13-6-5-8-19(24)20-22-14-18(23-20)17-11-9-15(2)10-12-17/h4,7,9-12,14,16,19H,5-6,8,13H2,1-3H3,(H,22,23)/b7-4+. The first-order chi connectivity index (χ1) is 12.1. The fourth-order valence-electron chi connectivity index (χ4n) is 3.50. The van der Waals surface area contributed by atoms with Gasteiger partial charge in [0.1, 0.15) is 5.82 Å². The van der Waals surface area contributed by atoms with E-state index in [0.29, 0.717) is 0 Å². The van der Waals surface area contributed by atoms with Crippen molar-refractivity contribution in [1.29, 1.82) is 0 Å². The maximum atomic E-state index is 12.8. The lowest BCUT2D eigenvalue weighted by Crippen LogP contribution is -2.41. The molecule has 2 atom stereocenters. The number of H-pyrrole nitrogens is 1. The van der Waals surface area contributed by atoms with Gasteiger partial charge < -0.3 is 9.88 Å². The Morgan fingerprint density at radius 1 is 1.32 bits per heavy atom. The number of piperidine rings is 1. The highest BCUT2D eigenvalue weighted by Crippen LogP contribution is 2.32. The van der Waals surface area contributed by atoms with Gasteiger partial charge in [-0.25, -0.2) is 4.98 Å². The number of carbonyl (C=O) groups excluding carboxylic acids is 1. The van der Waals surface area contributed by atoms with Crippen molar-refractivity contribution in [3.8, 4) is 11.3 Å². The van der Waals surface area contributed by atoms with Crippen LogP contribution in [-0.4, -0.2) is 27.3 Å². The molecule has 1 aromatic carbocycles. The summed E-state index contributed by atoms with van der Waals surface area (Å²) in [7, 11) is 0. The van der Waals surface area contributed by atoms with Gasteiger partial charge in [0.15, 0.2) is 0 Å². The molecule has 0 spiro atoms. The van der Waals surface area contributed by atoms with Crippen molar-refractivity contribution in [3.05, 3.63) is 54.0 Å². The molecule has 1 saturated heterocycles. The van der Waals surface area contributed by atoms with Gasteiger partial charge in [0, 0.05) is 6.54 Å². The van der Waals surface area contributed by atoms with Crippen molar-refractivity contribution in [2.45, 2.75) is 46.1 Å². The van der Waals surface area contributed by atoms with Gasteiger partial charge in [0.2, 0.25) is 5.91 Å². The third kappa shape index (κ3) is 3.84. The van der Waals surface area contributed by atoms with Crippen LogP contribution >= 0.6 is 0 Å². The molecule has 0 bridgehead atoms. The molecule has 0 saturated carbocycles. The van der Waals surface area contributed by atoms with Crippen LogP contribution in [0.15, 0.2) is 42.6 Å². The highest BCUT2D eigenvalue weighted by atomic mass is 16.2. The fraction of sp³-hybridized carbons (Fsp3) is 0.429. The SMILES string of the molecule is C/C=C/C(C)C(=O)N1CCCCC1c1ncc(-c2ccc(C)cc2)[nH]1. The number of hydrogen-bond acceptors (Lipinski definition) is 2. The molecule has 0 radical (unpaired) electrons. The van der Waals surface area contributed by atoms with Gasteiger partial charge in [0.05, 0.1) is 23.9 Å². The molecular weight excluding hydrogens is 310 g/mol. The van der Waals surface area contributed by atoms with Gasteiger partial charge in [-0.1, -0.05) is 48.9 Å². The van der Waals surface area contributed by atoms with E-state index in [0.717, 1.165) is 42.9 Å². The Labute approximate surface area is 150 Å². The summed E-state index contributed by atoms with van der Waals surface area (Å²) in [5.41, 5.74) is 3.38. The monoisotopic (exact) mass is 337 g/mol. The lowest BCUT2D eigenvalue weighted by Gasteiger charge is -2.35. The second kappa shape index (κ2) is 7.68. The molecule has 1 amide bonds. The largest absolute Gasteiger partial charge is 0.340 e. The maximum absolute atomic E-state index is 12.8. The number of aromatic nitrogens is 2. The van der Waals surface area contributed by atoms with Gasteiger partial charge in [-0.3, -0.25) is 4.79 Å². The number of allylic oxidation sites excluding steroid dienone is 1. The van der Waals surface area contributed by atoms with Crippen LogP contribution in [0.1, 0.15) is 50.5 Å². The van der Waals surface area contributed by atoms with E-state index in [4.69, 9.17) is 0 Å². The van der Waals surface area contributed by atoms with Crippen molar-refractivity contribution in [2.24, 2.45) is 5.92 Å². The minimum absolute atomic E-state index is 0.0492. The summed E-state index contributed by atoms with van der Waals surface area (Å²) in [5, 5.41) is 0. The number of amides is 1. The summed E-state index contributed by atoms with van der Waals surface area (Å²) < 4.78 is 0. The van der Waals surface area contributed by atoms with Gasteiger partial charge in [-0.15, -0.1) is 0 Å². The summed E-state index contributed by atoms with van der Waals surface area (Å²) >= 11 is 0. The van der Waals surface area contributed by atoms with Crippen molar-refractivity contribution in [1.82, 2.24) is 14.9 Å². The molecule has 2 unspecified atom stereocenters. The first-order valence-electron chi connectivity index (χ1n) is 9.15. The smallest absolute Gasteiger partial charge is 0.229 e. The Morgan fingerprint density at radius 3 is 2.80 bits per heavy atom. The number of likely N-dealkylation sites (tertiary alicyclic amines) is 1. The Bertz CT molecular complexity index is 745. The number of nitrogens with zero attached hydrogens (tertiary/aromatic N) is 2. The van der Waals surface area contributed by atoms with E-state index >= 15 is 0 Å². The van der Waals surface area contributed by atoms with E-state index in [2.05, 4.69) is 41.2 Å². The average Bonchev–Trinajstić information content (AvgIpc) is 3.12. The number of rotatable bonds is 4. The molecule has 1 aliphatic rings. The molecule has 1 fully saturated rings. The summed E-state index contributed by atoms with van der Waals surface area (Å²) in [6, 6.07) is 8.46. The van der Waals surface area contributed by atoms with Crippen LogP contribution in [0, 0.1) is 12.8 Å². The summed E-state index contributed by atoms with van der Waals surface area (Å²) in [6.45, 7) is 6.82. The lowest BCUT2D eigenvalue weighted by atomic mass is 9.99. The fourth-order valence-corrected chi connectivity index (χ4v) is 3.50. The number of nitrogens with one attached hydrogen (secondary N) is 1. The van der Waals surface area contributed by atoms with E-state index in [9.17, 15) is 4.79 Å². The predicted octanol–water partition coefficient (Wildman–Crippen LogP) is 4.65. The Balaban J connectivity index is 1.83. The Hall–Kier alpha value is -2.36. The van der Waals surface area contributed by atoms with Crippen LogP contribution in [0.2, 0.25) is 0 Å². The topological polar surface area (TPSA) is 49.0 Å². The molecule has 1 aliphatic heterocycles. The normalized spacial score (nSPS) is 19.3. The molecule has 2 aromatic rings. The Kier molecular flexibility index (Phi) is 5.37. The van der Waals surface area contributed by atoms with Crippen LogP contribution in [0.3, 0.4) is 0 Å². The molecule has 0 aliphatic carbocycles. The molecule has 132 valence electrons. The zero-order valence-corrected chi connectivity index (χ0v) is 15.3. The number of aryl methyl sites for hydroxylation is 1. The summed E-state index contributed by atoms with van der Waals surface area (Å²) in [6.07, 6.45) is 8.96. The molecule has 4 nitrogen and oxygen atoms in total. The van der Waals surface area contributed by atoms with Gasteiger partial charge in [-0.05, 0) is 38.7 Å². The van der Waals surface area contributed by atoms with Crippen LogP contribution in [0.4, 0.5) is 0 Å². The molecule has 2 heterocycles. The third-order valence-corrected chi connectivity index (χ3v) is 4.93. The van der Waals surface area contributed by atoms with Crippen LogP contribution in [0.5, 0.6) is 0 Å². The van der Waals surface area contributed by atoms with E-state index in [1.54, 1.807) is 0 Å². The number of aromatic amines is 1. The van der Waals surface area contributed by atoms with E-state index in [1.165, 1.54) is 5.56 Å². The number of hydrogen-bond donors (Lipinski definition) is 1. The number of carbonyl (C=O) groups is 1. The molecular formula is C21H27N3O. The number of imidazole rings is 1. The van der Waals surface area contributed by atoms with Crippen molar-refractivity contribution in [3.63, 3.8) is 0 Å². The second-order valence-corrected chi connectivity index (χ2v) is 6.91. The van der Waals surface area contributed by atoms with Gasteiger partial charge in [-0.2, -0.15) is 0 Å². The van der Waals surface area contributed by atoms with Crippen molar-refractivity contribution < 1.29 is 4.79 Å².